The summed E-state index contributed by atoms with van der Waals surface area (Å²) in [7, 11) is 0. The minimum absolute atomic E-state index is 0.0184. The molecular formula is C11H17NO3. The maximum absolute atomic E-state index is 12.0. The summed E-state index contributed by atoms with van der Waals surface area (Å²) in [5.74, 6) is 0.542. The van der Waals surface area contributed by atoms with E-state index in [1.165, 1.54) is 0 Å². The lowest BCUT2D eigenvalue weighted by molar-refractivity contribution is -0.138. The molecule has 0 aromatic rings. The van der Waals surface area contributed by atoms with Crippen LogP contribution in [-0.2, 0) is 14.3 Å². The van der Waals surface area contributed by atoms with Crippen molar-refractivity contribution in [3.05, 3.63) is 11.8 Å². The Kier molecular flexibility index (Phi) is 3.26. The molecule has 4 heteroatoms. The molecule has 0 spiro atoms. The summed E-state index contributed by atoms with van der Waals surface area (Å²) in [6.07, 6.45) is 3.98. The summed E-state index contributed by atoms with van der Waals surface area (Å²) in [6, 6.07) is 0. The molecule has 1 fully saturated rings. The average Bonchev–Trinajstić information content (AvgIpc) is 2.29. The molecule has 2 rings (SSSR count). The SMILES string of the molecule is CC1CN(C(=O)C2=CCCCO2)CCO1. The van der Waals surface area contributed by atoms with Crippen molar-refractivity contribution < 1.29 is 14.3 Å². The van der Waals surface area contributed by atoms with Crippen molar-refractivity contribution in [3.63, 3.8) is 0 Å². The zero-order valence-electron chi connectivity index (χ0n) is 9.07. The van der Waals surface area contributed by atoms with Gasteiger partial charge in [-0.3, -0.25) is 4.79 Å². The first-order valence-corrected chi connectivity index (χ1v) is 5.51. The lowest BCUT2D eigenvalue weighted by atomic mass is 10.2. The van der Waals surface area contributed by atoms with Crippen molar-refractivity contribution in [2.24, 2.45) is 0 Å². The molecule has 4 nitrogen and oxygen atoms in total. The number of carbonyl (C=O) groups excluding carboxylic acids is 1. The number of amides is 1. The first kappa shape index (κ1) is 10.5. The topological polar surface area (TPSA) is 38.8 Å². The van der Waals surface area contributed by atoms with Crippen LogP contribution in [0.2, 0.25) is 0 Å². The van der Waals surface area contributed by atoms with Gasteiger partial charge >= 0.3 is 0 Å². The molecule has 15 heavy (non-hydrogen) atoms. The number of hydrogen-bond acceptors (Lipinski definition) is 3. The van der Waals surface area contributed by atoms with Crippen LogP contribution in [0, 0.1) is 0 Å². The van der Waals surface area contributed by atoms with Gasteiger partial charge in [0.15, 0.2) is 5.76 Å². The molecule has 1 unspecified atom stereocenters. The summed E-state index contributed by atoms with van der Waals surface area (Å²) in [5, 5.41) is 0. The van der Waals surface area contributed by atoms with Gasteiger partial charge in [0.05, 0.1) is 19.3 Å². The molecule has 1 atom stereocenters. The molecule has 0 aromatic heterocycles. The highest BCUT2D eigenvalue weighted by Gasteiger charge is 2.25. The minimum Gasteiger partial charge on any atom is -0.488 e. The Morgan fingerprint density at radius 1 is 1.53 bits per heavy atom. The summed E-state index contributed by atoms with van der Waals surface area (Å²) >= 11 is 0. The molecule has 0 N–H and O–H groups in total. The third-order valence-electron chi connectivity index (χ3n) is 2.67. The molecule has 1 saturated heterocycles. The van der Waals surface area contributed by atoms with Crippen LogP contribution in [0.25, 0.3) is 0 Å². The van der Waals surface area contributed by atoms with Crippen molar-refractivity contribution in [3.8, 4) is 0 Å². The minimum atomic E-state index is 0.0184. The van der Waals surface area contributed by atoms with Gasteiger partial charge in [-0.2, -0.15) is 0 Å². The number of ether oxygens (including phenoxy) is 2. The lowest BCUT2D eigenvalue weighted by Crippen LogP contribution is -2.45. The van der Waals surface area contributed by atoms with Crippen LogP contribution in [0.3, 0.4) is 0 Å². The van der Waals surface area contributed by atoms with Crippen LogP contribution in [0.1, 0.15) is 19.8 Å². The number of carbonyl (C=O) groups is 1. The second-order valence-electron chi connectivity index (χ2n) is 3.99. The number of hydrogen-bond donors (Lipinski definition) is 0. The standard InChI is InChI=1S/C11H17NO3/c1-9-8-12(5-7-14-9)11(13)10-4-2-3-6-15-10/h4,9H,2-3,5-8H2,1H3. The van der Waals surface area contributed by atoms with Crippen LogP contribution >= 0.6 is 0 Å². The fourth-order valence-corrected chi connectivity index (χ4v) is 1.87. The number of rotatable bonds is 1. The van der Waals surface area contributed by atoms with Crippen molar-refractivity contribution in [1.29, 1.82) is 0 Å². The van der Waals surface area contributed by atoms with Gasteiger partial charge in [0, 0.05) is 13.1 Å². The van der Waals surface area contributed by atoms with Crippen molar-refractivity contribution >= 4 is 5.91 Å². The number of nitrogens with zero attached hydrogens (tertiary/aromatic N) is 1. The molecule has 2 heterocycles. The molecule has 1 amide bonds. The Labute approximate surface area is 89.8 Å². The number of morpholine rings is 1. The zero-order valence-corrected chi connectivity index (χ0v) is 9.07. The fourth-order valence-electron chi connectivity index (χ4n) is 1.87. The Hall–Kier alpha value is -1.03. The van der Waals surface area contributed by atoms with Crippen LogP contribution in [0.5, 0.6) is 0 Å². The van der Waals surface area contributed by atoms with Gasteiger partial charge in [-0.05, 0) is 25.8 Å². The highest BCUT2D eigenvalue weighted by Crippen LogP contribution is 2.15. The summed E-state index contributed by atoms with van der Waals surface area (Å²) in [6.45, 7) is 4.61. The van der Waals surface area contributed by atoms with E-state index in [9.17, 15) is 4.79 Å². The summed E-state index contributed by atoms with van der Waals surface area (Å²) in [4.78, 5) is 13.8. The maximum atomic E-state index is 12.0. The van der Waals surface area contributed by atoms with E-state index < -0.39 is 0 Å². The average molecular weight is 211 g/mol. The summed E-state index contributed by atoms with van der Waals surface area (Å²) in [5.41, 5.74) is 0. The molecule has 2 aliphatic heterocycles. The van der Waals surface area contributed by atoms with Gasteiger partial charge < -0.3 is 14.4 Å². The van der Waals surface area contributed by atoms with Gasteiger partial charge in [-0.15, -0.1) is 0 Å². The van der Waals surface area contributed by atoms with Crippen molar-refractivity contribution in [2.45, 2.75) is 25.9 Å². The largest absolute Gasteiger partial charge is 0.488 e. The highest BCUT2D eigenvalue weighted by atomic mass is 16.5. The van der Waals surface area contributed by atoms with Gasteiger partial charge in [0.1, 0.15) is 0 Å². The molecule has 0 radical (unpaired) electrons. The van der Waals surface area contributed by atoms with Crippen molar-refractivity contribution in [1.82, 2.24) is 4.90 Å². The first-order chi connectivity index (χ1) is 7.27. The molecule has 0 aliphatic carbocycles. The highest BCUT2D eigenvalue weighted by molar-refractivity contribution is 5.91. The third kappa shape index (κ3) is 2.50. The monoisotopic (exact) mass is 211 g/mol. The Morgan fingerprint density at radius 3 is 3.07 bits per heavy atom. The predicted molar refractivity (Wildman–Crippen MR) is 55.3 cm³/mol. The molecule has 84 valence electrons. The van der Waals surface area contributed by atoms with Crippen molar-refractivity contribution in [2.75, 3.05) is 26.3 Å². The second kappa shape index (κ2) is 4.66. The van der Waals surface area contributed by atoms with Gasteiger partial charge in [0.2, 0.25) is 0 Å². The van der Waals surface area contributed by atoms with E-state index in [4.69, 9.17) is 9.47 Å². The van der Waals surface area contributed by atoms with E-state index in [2.05, 4.69) is 0 Å². The Balaban J connectivity index is 1.97. The van der Waals surface area contributed by atoms with Crippen LogP contribution in [0.4, 0.5) is 0 Å². The van der Waals surface area contributed by atoms with E-state index in [-0.39, 0.29) is 12.0 Å². The van der Waals surface area contributed by atoms with Gasteiger partial charge in [-0.1, -0.05) is 0 Å². The van der Waals surface area contributed by atoms with E-state index in [0.717, 1.165) is 12.8 Å². The third-order valence-corrected chi connectivity index (χ3v) is 2.67. The lowest BCUT2D eigenvalue weighted by Gasteiger charge is -2.32. The van der Waals surface area contributed by atoms with Crippen LogP contribution in [-0.4, -0.2) is 43.2 Å². The molecular weight excluding hydrogens is 194 g/mol. The summed E-state index contributed by atoms with van der Waals surface area (Å²) < 4.78 is 10.7. The normalized spacial score (nSPS) is 26.9. The van der Waals surface area contributed by atoms with Crippen LogP contribution in [0.15, 0.2) is 11.8 Å². The number of allylic oxidation sites excluding steroid dienone is 1. The zero-order chi connectivity index (χ0) is 10.7. The van der Waals surface area contributed by atoms with Gasteiger partial charge in [0.25, 0.3) is 5.91 Å². The van der Waals surface area contributed by atoms with Crippen LogP contribution < -0.4 is 0 Å². The van der Waals surface area contributed by atoms with E-state index in [1.54, 1.807) is 0 Å². The predicted octanol–water partition coefficient (Wildman–Crippen LogP) is 0.928. The quantitative estimate of drug-likeness (QED) is 0.647. The molecule has 0 aromatic carbocycles. The first-order valence-electron chi connectivity index (χ1n) is 5.51. The second-order valence-corrected chi connectivity index (χ2v) is 3.99. The van der Waals surface area contributed by atoms with E-state index in [1.807, 2.05) is 17.9 Å². The van der Waals surface area contributed by atoms with Gasteiger partial charge in [-0.25, -0.2) is 0 Å². The Bertz CT molecular complexity index is 275. The van der Waals surface area contributed by atoms with E-state index >= 15 is 0 Å². The molecule has 0 saturated carbocycles. The maximum Gasteiger partial charge on any atom is 0.288 e. The smallest absolute Gasteiger partial charge is 0.288 e. The molecule has 0 bridgehead atoms. The fraction of sp³-hybridized carbons (Fsp3) is 0.727. The molecule has 2 aliphatic rings. The van der Waals surface area contributed by atoms with E-state index in [0.29, 0.717) is 32.1 Å². The Morgan fingerprint density at radius 2 is 2.40 bits per heavy atom.